The van der Waals surface area contributed by atoms with E-state index in [0.29, 0.717) is 5.56 Å². The highest BCUT2D eigenvalue weighted by Gasteiger charge is 2.26. The minimum Gasteiger partial charge on any atom is -0.327 e. The average molecular weight is 374 g/mol. The molecule has 3 aromatic rings. The van der Waals surface area contributed by atoms with Crippen molar-refractivity contribution in [2.75, 3.05) is 26.2 Å². The third kappa shape index (κ3) is 3.51. The number of halogens is 1. The van der Waals surface area contributed by atoms with E-state index in [1.54, 1.807) is 29.7 Å². The highest BCUT2D eigenvalue weighted by molar-refractivity contribution is 7.18. The molecule has 0 bridgehead atoms. The van der Waals surface area contributed by atoms with Gasteiger partial charge in [0.25, 0.3) is 5.91 Å². The number of pyridine rings is 1. The summed E-state index contributed by atoms with van der Waals surface area (Å²) >= 11 is 7.80. The first-order chi connectivity index (χ1) is 12.2. The maximum absolute atomic E-state index is 12.6. The molecular formula is C18H18ClN4OS+. The fourth-order valence-electron chi connectivity index (χ4n) is 3.13. The van der Waals surface area contributed by atoms with Crippen LogP contribution in [0.2, 0.25) is 5.15 Å². The van der Waals surface area contributed by atoms with Crippen molar-refractivity contribution >= 4 is 39.1 Å². The van der Waals surface area contributed by atoms with Crippen LogP contribution in [0.1, 0.15) is 15.4 Å². The Kier molecular flexibility index (Phi) is 4.65. The average Bonchev–Trinajstić information content (AvgIpc) is 3.04. The second-order valence-corrected chi connectivity index (χ2v) is 7.61. The van der Waals surface area contributed by atoms with E-state index in [1.165, 1.54) is 9.60 Å². The lowest BCUT2D eigenvalue weighted by atomic mass is 10.2. The van der Waals surface area contributed by atoms with Crippen molar-refractivity contribution in [3.8, 4) is 0 Å². The molecule has 0 atom stereocenters. The van der Waals surface area contributed by atoms with Crippen LogP contribution in [0, 0.1) is 0 Å². The largest absolute Gasteiger partial charge is 0.327 e. The van der Waals surface area contributed by atoms with Gasteiger partial charge in [-0.05, 0) is 24.3 Å². The molecule has 0 aliphatic carbocycles. The lowest BCUT2D eigenvalue weighted by molar-refractivity contribution is -0.917. The molecule has 1 amide bonds. The van der Waals surface area contributed by atoms with Gasteiger partial charge in [-0.2, -0.15) is 0 Å². The second-order valence-electron chi connectivity index (χ2n) is 6.14. The number of fused-ring (bicyclic) bond motifs is 1. The monoisotopic (exact) mass is 373 g/mol. The van der Waals surface area contributed by atoms with Crippen molar-refractivity contribution in [3.63, 3.8) is 0 Å². The van der Waals surface area contributed by atoms with Gasteiger partial charge in [0, 0.05) is 6.20 Å². The lowest BCUT2D eigenvalue weighted by Crippen LogP contribution is -3.13. The van der Waals surface area contributed by atoms with Crippen molar-refractivity contribution in [3.05, 3.63) is 58.3 Å². The molecule has 1 saturated heterocycles. The van der Waals surface area contributed by atoms with Crippen molar-refractivity contribution in [1.29, 1.82) is 0 Å². The van der Waals surface area contributed by atoms with Crippen molar-refractivity contribution < 1.29 is 9.69 Å². The molecular weight excluding hydrogens is 356 g/mol. The first kappa shape index (κ1) is 16.4. The molecule has 128 valence electrons. The number of rotatable bonds is 3. The Balaban J connectivity index is 1.38. The van der Waals surface area contributed by atoms with Crippen LogP contribution in [0.25, 0.3) is 10.2 Å². The van der Waals surface area contributed by atoms with E-state index >= 15 is 0 Å². The quantitative estimate of drug-likeness (QED) is 0.713. The zero-order valence-corrected chi connectivity index (χ0v) is 15.2. The first-order valence-electron chi connectivity index (χ1n) is 8.28. The Hall–Kier alpha value is -2.02. The number of carbonyl (C=O) groups excluding carboxylic acids is 1. The molecule has 2 aromatic heterocycles. The Morgan fingerprint density at radius 2 is 2.00 bits per heavy atom. The number of carbonyl (C=O) groups is 1. The predicted octanol–water partition coefficient (Wildman–Crippen LogP) is 1.89. The summed E-state index contributed by atoms with van der Waals surface area (Å²) in [5, 5.41) is 1.43. The van der Waals surface area contributed by atoms with Crippen LogP contribution >= 0.6 is 22.9 Å². The number of quaternary nitrogens is 1. The van der Waals surface area contributed by atoms with Gasteiger partial charge >= 0.3 is 0 Å². The molecule has 1 aromatic carbocycles. The van der Waals surface area contributed by atoms with Gasteiger partial charge in [0.05, 0.1) is 42.0 Å². The van der Waals surface area contributed by atoms with Gasteiger partial charge in [-0.25, -0.2) is 9.97 Å². The fourth-order valence-corrected chi connectivity index (χ4v) is 4.37. The lowest BCUT2D eigenvalue weighted by Gasteiger charge is -2.31. The van der Waals surface area contributed by atoms with Crippen LogP contribution in [0.3, 0.4) is 0 Å². The van der Waals surface area contributed by atoms with Crippen LogP contribution in [-0.2, 0) is 6.54 Å². The van der Waals surface area contributed by atoms with Crippen molar-refractivity contribution in [2.24, 2.45) is 0 Å². The minimum absolute atomic E-state index is 0.0304. The van der Waals surface area contributed by atoms with Crippen LogP contribution in [0.4, 0.5) is 0 Å². The van der Waals surface area contributed by atoms with Gasteiger partial charge in [0.1, 0.15) is 16.7 Å². The number of para-hydroxylation sites is 1. The summed E-state index contributed by atoms with van der Waals surface area (Å²) < 4.78 is 1.23. The molecule has 1 N–H and O–H groups in total. The Labute approximate surface area is 154 Å². The number of thiazole rings is 1. The van der Waals surface area contributed by atoms with Crippen LogP contribution in [0.5, 0.6) is 0 Å². The summed E-state index contributed by atoms with van der Waals surface area (Å²) in [5.41, 5.74) is 1.56. The fraction of sp³-hybridized carbons (Fsp3) is 0.278. The van der Waals surface area contributed by atoms with E-state index in [1.807, 2.05) is 17.0 Å². The molecule has 25 heavy (non-hydrogen) atoms. The van der Waals surface area contributed by atoms with Gasteiger partial charge in [0.15, 0.2) is 0 Å². The van der Waals surface area contributed by atoms with E-state index < -0.39 is 0 Å². The molecule has 1 aliphatic heterocycles. The highest BCUT2D eigenvalue weighted by atomic mass is 35.5. The number of benzene rings is 1. The third-order valence-corrected chi connectivity index (χ3v) is 5.82. The molecule has 0 spiro atoms. The first-order valence-corrected chi connectivity index (χ1v) is 9.48. The number of piperazine rings is 1. The van der Waals surface area contributed by atoms with Gasteiger partial charge in [0.2, 0.25) is 0 Å². The number of hydrogen-bond donors (Lipinski definition) is 1. The SMILES string of the molecule is O=C(c1cccnc1Cl)N1CC[NH+](Cc2nc3ccccc3s2)CC1. The summed E-state index contributed by atoms with van der Waals surface area (Å²) in [7, 11) is 0. The molecule has 0 radical (unpaired) electrons. The zero-order chi connectivity index (χ0) is 17.2. The van der Waals surface area contributed by atoms with Crippen molar-refractivity contribution in [1.82, 2.24) is 14.9 Å². The molecule has 3 heterocycles. The smallest absolute Gasteiger partial charge is 0.257 e. The van der Waals surface area contributed by atoms with Gasteiger partial charge < -0.3 is 9.80 Å². The summed E-state index contributed by atoms with van der Waals surface area (Å²) in [6.45, 7) is 4.20. The summed E-state index contributed by atoms with van der Waals surface area (Å²) in [5.74, 6) is -0.0304. The standard InChI is InChI=1S/C18H17ClN4OS/c19-17-13(4-3-7-20-17)18(24)23-10-8-22(9-11-23)12-16-21-14-5-1-2-6-15(14)25-16/h1-7H,8-12H2/p+1. The number of hydrogen-bond acceptors (Lipinski definition) is 4. The molecule has 1 aliphatic rings. The second kappa shape index (κ2) is 7.07. The number of nitrogens with one attached hydrogen (secondary N) is 1. The highest BCUT2D eigenvalue weighted by Crippen LogP contribution is 2.21. The molecule has 1 fully saturated rings. The molecule has 5 nitrogen and oxygen atoms in total. The summed E-state index contributed by atoms with van der Waals surface area (Å²) in [4.78, 5) is 24.6. The van der Waals surface area contributed by atoms with Crippen LogP contribution in [0.15, 0.2) is 42.6 Å². The normalized spacial score (nSPS) is 15.6. The maximum Gasteiger partial charge on any atom is 0.257 e. The van der Waals surface area contributed by atoms with Crippen LogP contribution in [-0.4, -0.2) is 47.0 Å². The number of aromatic nitrogens is 2. The summed E-state index contributed by atoms with van der Waals surface area (Å²) in [6.07, 6.45) is 1.60. The zero-order valence-electron chi connectivity index (χ0n) is 13.6. The topological polar surface area (TPSA) is 50.5 Å². The molecule has 0 saturated carbocycles. The molecule has 0 unspecified atom stereocenters. The van der Waals surface area contributed by atoms with E-state index in [2.05, 4.69) is 17.1 Å². The van der Waals surface area contributed by atoms with Gasteiger partial charge in [-0.3, -0.25) is 4.79 Å². The van der Waals surface area contributed by atoms with Gasteiger partial charge in [-0.1, -0.05) is 23.7 Å². The van der Waals surface area contributed by atoms with Crippen LogP contribution < -0.4 is 4.90 Å². The van der Waals surface area contributed by atoms with E-state index in [4.69, 9.17) is 16.6 Å². The number of amides is 1. The third-order valence-electron chi connectivity index (χ3n) is 4.49. The van der Waals surface area contributed by atoms with E-state index in [0.717, 1.165) is 43.2 Å². The summed E-state index contributed by atoms with van der Waals surface area (Å²) in [6, 6.07) is 11.7. The van der Waals surface area contributed by atoms with Gasteiger partial charge in [-0.15, -0.1) is 11.3 Å². The van der Waals surface area contributed by atoms with Crippen molar-refractivity contribution in [2.45, 2.75) is 6.54 Å². The van der Waals surface area contributed by atoms with E-state index in [9.17, 15) is 4.79 Å². The molecule has 4 rings (SSSR count). The maximum atomic E-state index is 12.6. The van der Waals surface area contributed by atoms with E-state index in [-0.39, 0.29) is 11.1 Å². The molecule has 7 heteroatoms. The minimum atomic E-state index is -0.0304. The Bertz CT molecular complexity index is 872. The Morgan fingerprint density at radius 1 is 1.20 bits per heavy atom. The Morgan fingerprint density at radius 3 is 2.76 bits per heavy atom. The number of nitrogens with zero attached hydrogens (tertiary/aromatic N) is 3. The predicted molar refractivity (Wildman–Crippen MR) is 99.2 cm³/mol.